The molecule has 4 rings (SSSR count). The lowest BCUT2D eigenvalue weighted by atomic mass is 9.72. The number of thiophene rings is 1. The molecule has 0 N–H and O–H groups in total. The van der Waals surface area contributed by atoms with Crippen LogP contribution >= 0.6 is 23.1 Å². The summed E-state index contributed by atoms with van der Waals surface area (Å²) in [5.41, 5.74) is 0. The van der Waals surface area contributed by atoms with Gasteiger partial charge in [-0.05, 0) is 72.5 Å². The Kier molecular flexibility index (Phi) is 9.89. The number of unbranched alkanes of at least 4 members (excludes halogenated alkanes) is 10. The van der Waals surface area contributed by atoms with E-state index in [-0.39, 0.29) is 0 Å². The minimum Gasteiger partial charge on any atom is -0.141 e. The molecule has 0 saturated heterocycles. The van der Waals surface area contributed by atoms with Gasteiger partial charge in [0.15, 0.2) is 0 Å². The van der Waals surface area contributed by atoms with Crippen molar-refractivity contribution in [3.63, 3.8) is 0 Å². The Morgan fingerprint density at radius 1 is 0.688 bits per heavy atom. The largest absolute Gasteiger partial charge is 0.141 e. The summed E-state index contributed by atoms with van der Waals surface area (Å²) < 4.78 is 1.59. The van der Waals surface area contributed by atoms with Gasteiger partial charge in [-0.2, -0.15) is 0 Å². The van der Waals surface area contributed by atoms with Crippen LogP contribution in [0.2, 0.25) is 0 Å². The predicted octanol–water partition coefficient (Wildman–Crippen LogP) is 8.62. The van der Waals surface area contributed by atoms with E-state index in [2.05, 4.69) is 61.2 Å². The average Bonchev–Trinajstić information content (AvgIpc) is 3.37. The van der Waals surface area contributed by atoms with E-state index in [0.717, 1.165) is 23.0 Å². The first-order valence-electron chi connectivity index (χ1n) is 14.0. The predicted molar refractivity (Wildman–Crippen MR) is 147 cm³/mol. The Balaban J connectivity index is 1.26. The molecule has 3 aliphatic rings. The van der Waals surface area contributed by atoms with Gasteiger partial charge in [0.1, 0.15) is 0 Å². The monoisotopic (exact) mass is 470 g/mol. The summed E-state index contributed by atoms with van der Waals surface area (Å²) in [6, 6.07) is 2.54. The molecule has 2 heterocycles. The summed E-state index contributed by atoms with van der Waals surface area (Å²) in [7, 11) is 0. The van der Waals surface area contributed by atoms with Crippen molar-refractivity contribution < 1.29 is 0 Å². The highest BCUT2D eigenvalue weighted by Crippen LogP contribution is 2.50. The van der Waals surface area contributed by atoms with E-state index in [1.54, 1.807) is 19.5 Å². The van der Waals surface area contributed by atoms with Gasteiger partial charge in [-0.25, -0.2) is 0 Å². The zero-order chi connectivity index (χ0) is 22.2. The summed E-state index contributed by atoms with van der Waals surface area (Å²) in [5.74, 6) is 2.41. The molecule has 1 saturated carbocycles. The lowest BCUT2D eigenvalue weighted by molar-refractivity contribution is 0.324. The van der Waals surface area contributed by atoms with Gasteiger partial charge in [0.05, 0.1) is 0 Å². The van der Waals surface area contributed by atoms with Crippen LogP contribution in [0.1, 0.15) is 115 Å². The first kappa shape index (κ1) is 24.6. The molecular weight excluding hydrogens is 424 g/mol. The summed E-state index contributed by atoms with van der Waals surface area (Å²) in [4.78, 5) is 3.36. The van der Waals surface area contributed by atoms with E-state index >= 15 is 0 Å². The van der Waals surface area contributed by atoms with Gasteiger partial charge in [-0.3, -0.25) is 0 Å². The zero-order valence-electron chi connectivity index (χ0n) is 20.7. The summed E-state index contributed by atoms with van der Waals surface area (Å²) >= 11 is 4.35. The Morgan fingerprint density at radius 2 is 1.34 bits per heavy atom. The fourth-order valence-electron chi connectivity index (χ4n) is 6.01. The molecule has 0 amide bonds. The van der Waals surface area contributed by atoms with Gasteiger partial charge < -0.3 is 0 Å². The van der Waals surface area contributed by atoms with Gasteiger partial charge in [-0.1, -0.05) is 96.3 Å². The standard InChI is InChI=1S/C30H46S2/c1-3-5-7-9-11-13-15-27-19-25-17-23-22-30-26(18-24(23)21-29(25)31-27)20-28(32-30)16-14-12-10-8-6-4-2/h17,19-21,23-24,26,30H,3-16,18,22H2,1-2H3. The van der Waals surface area contributed by atoms with Gasteiger partial charge in [0.25, 0.3) is 0 Å². The Labute approximate surface area is 206 Å². The average molecular weight is 471 g/mol. The molecule has 0 bridgehead atoms. The number of hydrogen-bond donors (Lipinski definition) is 0. The van der Waals surface area contributed by atoms with Crippen molar-refractivity contribution in [3.8, 4) is 0 Å². The van der Waals surface area contributed by atoms with Crippen LogP contribution in [0.3, 0.4) is 0 Å². The van der Waals surface area contributed by atoms with Crippen LogP contribution in [-0.2, 0) is 6.42 Å². The molecule has 0 spiro atoms. The Bertz CT molecular complexity index is 845. The van der Waals surface area contributed by atoms with Gasteiger partial charge in [0.2, 0.25) is 0 Å². The Morgan fingerprint density at radius 3 is 2.09 bits per heavy atom. The first-order chi connectivity index (χ1) is 15.8. The molecule has 1 aromatic rings. The van der Waals surface area contributed by atoms with Crippen LogP contribution in [-0.4, -0.2) is 5.25 Å². The maximum atomic E-state index is 2.69. The minimum atomic E-state index is 0.787. The minimum absolute atomic E-state index is 0.787. The lowest BCUT2D eigenvalue weighted by Gasteiger charge is -2.36. The van der Waals surface area contributed by atoms with Crippen molar-refractivity contribution in [2.24, 2.45) is 17.8 Å². The zero-order valence-corrected chi connectivity index (χ0v) is 22.4. The summed E-state index contributed by atoms with van der Waals surface area (Å²) in [6.07, 6.45) is 30.4. The van der Waals surface area contributed by atoms with Crippen LogP contribution in [0.15, 0.2) is 17.0 Å². The number of fused-ring (bicyclic) bond motifs is 3. The molecule has 4 atom stereocenters. The molecule has 1 aliphatic heterocycles. The molecule has 0 nitrogen and oxygen atoms in total. The third-order valence-corrected chi connectivity index (χ3v) is 10.6. The number of aryl methyl sites for hydroxylation is 1. The molecule has 2 heteroatoms. The highest BCUT2D eigenvalue weighted by atomic mass is 32.2. The highest BCUT2D eigenvalue weighted by molar-refractivity contribution is 8.03. The van der Waals surface area contributed by atoms with Crippen LogP contribution < -0.4 is 9.75 Å². The summed E-state index contributed by atoms with van der Waals surface area (Å²) in [6.45, 7) is 4.61. The van der Waals surface area contributed by atoms with Gasteiger partial charge in [0, 0.05) is 14.7 Å². The molecule has 2 aliphatic carbocycles. The second-order valence-electron chi connectivity index (χ2n) is 10.7. The molecule has 4 unspecified atom stereocenters. The molecule has 0 radical (unpaired) electrons. The van der Waals surface area contributed by atoms with Crippen LogP contribution in [0.4, 0.5) is 0 Å². The summed E-state index contributed by atoms with van der Waals surface area (Å²) in [5, 5.41) is 2.43. The van der Waals surface area contributed by atoms with Crippen LogP contribution in [0, 0.1) is 17.8 Å². The Hall–Kier alpha value is -0.470. The van der Waals surface area contributed by atoms with E-state index in [1.807, 2.05) is 0 Å². The van der Waals surface area contributed by atoms with Crippen molar-refractivity contribution in [1.82, 2.24) is 0 Å². The van der Waals surface area contributed by atoms with E-state index in [1.165, 1.54) is 103 Å². The van der Waals surface area contributed by atoms with Crippen LogP contribution in [0.25, 0.3) is 12.2 Å². The van der Waals surface area contributed by atoms with E-state index in [9.17, 15) is 0 Å². The van der Waals surface area contributed by atoms with E-state index in [0.29, 0.717) is 0 Å². The maximum Gasteiger partial charge on any atom is 0.0305 e. The van der Waals surface area contributed by atoms with E-state index in [4.69, 9.17) is 0 Å². The molecule has 178 valence electrons. The molecule has 1 aromatic heterocycles. The second-order valence-corrected chi connectivity index (χ2v) is 13.2. The SMILES string of the molecule is CCCCCCCCC1=CC2CC3C=c4sc(CCCCCCCC)cc4=CC3CC2S1. The fraction of sp³-hybridized carbons (Fsp3) is 0.733. The molecular formula is C30H46S2. The first-order valence-corrected chi connectivity index (χ1v) is 15.7. The van der Waals surface area contributed by atoms with E-state index < -0.39 is 0 Å². The molecule has 32 heavy (non-hydrogen) atoms. The maximum absolute atomic E-state index is 2.69. The topological polar surface area (TPSA) is 0 Å². The normalized spacial score (nSPS) is 26.0. The highest BCUT2D eigenvalue weighted by Gasteiger charge is 2.39. The molecule has 0 aromatic carbocycles. The second kappa shape index (κ2) is 12.8. The van der Waals surface area contributed by atoms with Gasteiger partial charge >= 0.3 is 0 Å². The molecule has 1 fully saturated rings. The van der Waals surface area contributed by atoms with Crippen molar-refractivity contribution in [2.75, 3.05) is 0 Å². The third-order valence-electron chi connectivity index (χ3n) is 7.93. The van der Waals surface area contributed by atoms with Crippen molar-refractivity contribution in [2.45, 2.75) is 122 Å². The van der Waals surface area contributed by atoms with Crippen molar-refractivity contribution >= 4 is 35.3 Å². The number of hydrogen-bond acceptors (Lipinski definition) is 2. The number of allylic oxidation sites excluding steroid dienone is 2. The van der Waals surface area contributed by atoms with Gasteiger partial charge in [-0.15, -0.1) is 23.1 Å². The third kappa shape index (κ3) is 6.78. The lowest BCUT2D eigenvalue weighted by Crippen LogP contribution is -2.36. The number of rotatable bonds is 14. The smallest absolute Gasteiger partial charge is 0.0305 e. The van der Waals surface area contributed by atoms with Crippen molar-refractivity contribution in [1.29, 1.82) is 0 Å². The number of thioether (sulfide) groups is 1. The fourth-order valence-corrected chi connectivity index (χ4v) is 8.80. The van der Waals surface area contributed by atoms with Crippen molar-refractivity contribution in [3.05, 3.63) is 31.7 Å². The quantitative estimate of drug-likeness (QED) is 0.245. The van der Waals surface area contributed by atoms with Crippen LogP contribution in [0.5, 0.6) is 0 Å².